The third-order valence-corrected chi connectivity index (χ3v) is 3.64. The fraction of sp³-hybridized carbons (Fsp3) is 0.571. The van der Waals surface area contributed by atoms with Gasteiger partial charge in [-0.2, -0.15) is 0 Å². The zero-order valence-corrected chi connectivity index (χ0v) is 10.4. The van der Waals surface area contributed by atoms with Crippen molar-refractivity contribution >= 4 is 0 Å². The zero-order valence-electron chi connectivity index (χ0n) is 10.4. The Morgan fingerprint density at radius 3 is 2.71 bits per heavy atom. The lowest BCUT2D eigenvalue weighted by atomic mass is 10.00. The molecule has 1 aromatic rings. The summed E-state index contributed by atoms with van der Waals surface area (Å²) < 4.78 is 13.1. The van der Waals surface area contributed by atoms with Crippen molar-refractivity contribution in [3.05, 3.63) is 35.1 Å². The number of aryl methyl sites for hydroxylation is 1. The van der Waals surface area contributed by atoms with Crippen molar-refractivity contribution in [2.24, 2.45) is 5.73 Å². The van der Waals surface area contributed by atoms with Crippen LogP contribution < -0.4 is 11.1 Å². The van der Waals surface area contributed by atoms with E-state index < -0.39 is 0 Å². The largest absolute Gasteiger partial charge is 0.329 e. The van der Waals surface area contributed by atoms with Gasteiger partial charge in [0.1, 0.15) is 5.82 Å². The molecule has 1 saturated carbocycles. The maximum absolute atomic E-state index is 13.1. The standard InChI is InChI=1S/C14H21FN2/c1-10-8-11(15)6-7-13(10)14(9-16)17-12-4-2-3-5-12/h6-8,12,14,17H,2-5,9,16H2,1H3. The molecule has 1 unspecified atom stereocenters. The Labute approximate surface area is 102 Å². The molecule has 0 amide bonds. The predicted octanol–water partition coefficient (Wildman–Crippen LogP) is 2.67. The first-order valence-electron chi connectivity index (χ1n) is 6.43. The third-order valence-electron chi connectivity index (χ3n) is 3.64. The number of benzene rings is 1. The Hall–Kier alpha value is -0.930. The smallest absolute Gasteiger partial charge is 0.123 e. The van der Waals surface area contributed by atoms with Crippen molar-refractivity contribution in [1.29, 1.82) is 0 Å². The van der Waals surface area contributed by atoms with Crippen molar-refractivity contribution < 1.29 is 4.39 Å². The van der Waals surface area contributed by atoms with Crippen LogP contribution in [0.15, 0.2) is 18.2 Å². The molecule has 0 spiro atoms. The molecule has 1 aromatic carbocycles. The van der Waals surface area contributed by atoms with Crippen molar-refractivity contribution in [3.8, 4) is 0 Å². The predicted molar refractivity (Wildman–Crippen MR) is 68.3 cm³/mol. The summed E-state index contributed by atoms with van der Waals surface area (Å²) in [5, 5.41) is 3.59. The lowest BCUT2D eigenvalue weighted by Gasteiger charge is -2.23. The highest BCUT2D eigenvalue weighted by molar-refractivity contribution is 5.30. The number of nitrogens with one attached hydrogen (secondary N) is 1. The van der Waals surface area contributed by atoms with Gasteiger partial charge in [0, 0.05) is 18.6 Å². The molecule has 1 atom stereocenters. The second-order valence-corrected chi connectivity index (χ2v) is 4.94. The summed E-state index contributed by atoms with van der Waals surface area (Å²) >= 11 is 0. The first kappa shape index (κ1) is 12.5. The summed E-state index contributed by atoms with van der Waals surface area (Å²) in [6, 6.07) is 5.67. The number of halogens is 1. The quantitative estimate of drug-likeness (QED) is 0.843. The van der Waals surface area contributed by atoms with Gasteiger partial charge < -0.3 is 11.1 Å². The van der Waals surface area contributed by atoms with Gasteiger partial charge in [-0.25, -0.2) is 4.39 Å². The van der Waals surface area contributed by atoms with Crippen molar-refractivity contribution in [1.82, 2.24) is 5.32 Å². The van der Waals surface area contributed by atoms with Gasteiger partial charge in [-0.15, -0.1) is 0 Å². The maximum Gasteiger partial charge on any atom is 0.123 e. The molecule has 3 heteroatoms. The number of nitrogens with two attached hydrogens (primary N) is 1. The molecule has 17 heavy (non-hydrogen) atoms. The maximum atomic E-state index is 13.1. The molecule has 1 aliphatic carbocycles. The number of hydrogen-bond donors (Lipinski definition) is 2. The molecule has 0 radical (unpaired) electrons. The average molecular weight is 236 g/mol. The minimum atomic E-state index is -0.178. The monoisotopic (exact) mass is 236 g/mol. The average Bonchev–Trinajstić information content (AvgIpc) is 2.79. The van der Waals surface area contributed by atoms with Gasteiger partial charge in [0.15, 0.2) is 0 Å². The van der Waals surface area contributed by atoms with E-state index >= 15 is 0 Å². The van der Waals surface area contributed by atoms with E-state index in [0.717, 1.165) is 11.1 Å². The van der Waals surface area contributed by atoms with Crippen molar-refractivity contribution in [2.45, 2.75) is 44.7 Å². The zero-order chi connectivity index (χ0) is 12.3. The van der Waals surface area contributed by atoms with E-state index in [2.05, 4.69) is 5.32 Å². The van der Waals surface area contributed by atoms with Crippen LogP contribution in [0.4, 0.5) is 4.39 Å². The molecule has 94 valence electrons. The van der Waals surface area contributed by atoms with Crippen LogP contribution in [0.3, 0.4) is 0 Å². The first-order chi connectivity index (χ1) is 8.20. The topological polar surface area (TPSA) is 38.0 Å². The lowest BCUT2D eigenvalue weighted by Crippen LogP contribution is -2.35. The molecule has 2 nitrogen and oxygen atoms in total. The molecular weight excluding hydrogens is 215 g/mol. The van der Waals surface area contributed by atoms with Crippen LogP contribution in [0, 0.1) is 12.7 Å². The van der Waals surface area contributed by atoms with E-state index in [1.807, 2.05) is 13.0 Å². The Kier molecular flexibility index (Phi) is 4.13. The second-order valence-electron chi connectivity index (χ2n) is 4.94. The van der Waals surface area contributed by atoms with E-state index in [0.29, 0.717) is 12.6 Å². The van der Waals surface area contributed by atoms with Crippen LogP contribution in [-0.2, 0) is 0 Å². The first-order valence-corrected chi connectivity index (χ1v) is 6.43. The van der Waals surface area contributed by atoms with E-state index in [-0.39, 0.29) is 11.9 Å². The highest BCUT2D eigenvalue weighted by Gasteiger charge is 2.20. The molecule has 0 heterocycles. The number of rotatable bonds is 4. The third kappa shape index (κ3) is 3.05. The van der Waals surface area contributed by atoms with E-state index in [4.69, 9.17) is 5.73 Å². The van der Waals surface area contributed by atoms with Crippen LogP contribution in [0.2, 0.25) is 0 Å². The van der Waals surface area contributed by atoms with Gasteiger partial charge in [-0.05, 0) is 43.0 Å². The molecule has 0 aliphatic heterocycles. The highest BCUT2D eigenvalue weighted by atomic mass is 19.1. The molecule has 3 N–H and O–H groups in total. The van der Waals surface area contributed by atoms with Crippen molar-refractivity contribution in [3.63, 3.8) is 0 Å². The Morgan fingerprint density at radius 2 is 2.12 bits per heavy atom. The Bertz CT molecular complexity index is 372. The molecule has 2 rings (SSSR count). The normalized spacial score (nSPS) is 18.5. The van der Waals surface area contributed by atoms with Crippen LogP contribution in [0.5, 0.6) is 0 Å². The molecule has 0 saturated heterocycles. The summed E-state index contributed by atoms with van der Waals surface area (Å²) in [5.74, 6) is -0.178. The minimum absolute atomic E-state index is 0.152. The molecule has 1 aliphatic rings. The van der Waals surface area contributed by atoms with E-state index in [1.165, 1.54) is 31.7 Å². The van der Waals surface area contributed by atoms with Crippen LogP contribution in [-0.4, -0.2) is 12.6 Å². The van der Waals surface area contributed by atoms with Crippen LogP contribution in [0.1, 0.15) is 42.9 Å². The fourth-order valence-electron chi connectivity index (χ4n) is 2.69. The molecule has 0 bridgehead atoms. The Balaban J connectivity index is 2.10. The van der Waals surface area contributed by atoms with E-state index in [1.54, 1.807) is 6.07 Å². The van der Waals surface area contributed by atoms with Crippen molar-refractivity contribution in [2.75, 3.05) is 6.54 Å². The highest BCUT2D eigenvalue weighted by Crippen LogP contribution is 2.23. The number of hydrogen-bond acceptors (Lipinski definition) is 2. The van der Waals surface area contributed by atoms with Gasteiger partial charge >= 0.3 is 0 Å². The van der Waals surface area contributed by atoms with Crippen LogP contribution in [0.25, 0.3) is 0 Å². The summed E-state index contributed by atoms with van der Waals surface area (Å²) in [6.45, 7) is 2.50. The molecular formula is C14H21FN2. The summed E-state index contributed by atoms with van der Waals surface area (Å²) in [6.07, 6.45) is 5.07. The van der Waals surface area contributed by atoms with Crippen LogP contribution >= 0.6 is 0 Å². The summed E-state index contributed by atoms with van der Waals surface area (Å²) in [4.78, 5) is 0. The SMILES string of the molecule is Cc1cc(F)ccc1C(CN)NC1CCCC1. The van der Waals surface area contributed by atoms with Gasteiger partial charge in [0.05, 0.1) is 0 Å². The van der Waals surface area contributed by atoms with Gasteiger partial charge in [-0.1, -0.05) is 18.9 Å². The van der Waals surface area contributed by atoms with Gasteiger partial charge in [0.25, 0.3) is 0 Å². The van der Waals surface area contributed by atoms with E-state index in [9.17, 15) is 4.39 Å². The second kappa shape index (κ2) is 5.61. The summed E-state index contributed by atoms with van der Waals surface area (Å²) in [7, 11) is 0. The minimum Gasteiger partial charge on any atom is -0.329 e. The van der Waals surface area contributed by atoms with Gasteiger partial charge in [-0.3, -0.25) is 0 Å². The Morgan fingerprint density at radius 1 is 1.41 bits per heavy atom. The molecule has 0 aromatic heterocycles. The molecule has 1 fully saturated rings. The summed E-state index contributed by atoms with van der Waals surface area (Å²) in [5.41, 5.74) is 7.94. The lowest BCUT2D eigenvalue weighted by molar-refractivity contribution is 0.443. The van der Waals surface area contributed by atoms with Gasteiger partial charge in [0.2, 0.25) is 0 Å². The fourth-order valence-corrected chi connectivity index (χ4v) is 2.69.